The van der Waals surface area contributed by atoms with Gasteiger partial charge in [-0.25, -0.2) is 4.79 Å². The molecule has 0 bridgehead atoms. The van der Waals surface area contributed by atoms with Crippen LogP contribution in [0.25, 0.3) is 0 Å². The number of hydrogen-bond acceptors (Lipinski definition) is 3. The van der Waals surface area contributed by atoms with Gasteiger partial charge in [-0.15, -0.1) is 0 Å². The van der Waals surface area contributed by atoms with Crippen LogP contribution in [0.15, 0.2) is 11.0 Å². The fourth-order valence-electron chi connectivity index (χ4n) is 1.47. The molecule has 14 heavy (non-hydrogen) atoms. The Morgan fingerprint density at radius 1 is 1.64 bits per heavy atom. The van der Waals surface area contributed by atoms with Crippen LogP contribution in [0.2, 0.25) is 0 Å². The zero-order chi connectivity index (χ0) is 10.1. The van der Waals surface area contributed by atoms with Gasteiger partial charge in [0.2, 0.25) is 0 Å². The minimum Gasteiger partial charge on any atom is -0.396 e. The lowest BCUT2D eigenvalue weighted by atomic mass is 10.0. The molecule has 0 radical (unpaired) electrons. The highest BCUT2D eigenvalue weighted by Crippen LogP contribution is 2.16. The third kappa shape index (κ3) is 1.44. The number of likely N-dealkylation sites (tertiary alicyclic amines) is 1. The number of nitrogens with zero attached hydrogens (tertiary/aromatic N) is 1. The normalized spacial score (nSPS) is 16.8. The molecule has 1 fully saturated rings. The molecule has 0 aliphatic carbocycles. The van der Waals surface area contributed by atoms with Gasteiger partial charge in [-0.2, -0.15) is 0 Å². The van der Waals surface area contributed by atoms with Gasteiger partial charge in [-0.1, -0.05) is 0 Å². The number of carbonyl (C=O) groups excluding carboxylic acids is 1. The van der Waals surface area contributed by atoms with Gasteiger partial charge in [0, 0.05) is 31.8 Å². The number of aliphatic hydroxyl groups excluding tert-OH is 1. The van der Waals surface area contributed by atoms with Crippen molar-refractivity contribution in [1.29, 1.82) is 0 Å². The van der Waals surface area contributed by atoms with E-state index in [1.54, 1.807) is 4.90 Å². The fraction of sp³-hybridized carbons (Fsp3) is 0.500. The Bertz CT molecular complexity index is 389. The molecule has 2 rings (SSSR count). The van der Waals surface area contributed by atoms with Gasteiger partial charge in [0.25, 0.3) is 5.91 Å². The molecular formula is C8H11N3O3. The maximum Gasteiger partial charge on any atom is 0.323 e. The Morgan fingerprint density at radius 2 is 2.36 bits per heavy atom. The smallest absolute Gasteiger partial charge is 0.323 e. The van der Waals surface area contributed by atoms with Crippen molar-refractivity contribution in [2.45, 2.75) is 0 Å². The summed E-state index contributed by atoms with van der Waals surface area (Å²) in [7, 11) is 0. The zero-order valence-electron chi connectivity index (χ0n) is 7.49. The molecule has 1 aromatic rings. The van der Waals surface area contributed by atoms with E-state index in [-0.39, 0.29) is 29.8 Å². The number of aliphatic hydroxyl groups is 1. The van der Waals surface area contributed by atoms with Gasteiger partial charge in [0.15, 0.2) is 0 Å². The third-order valence-electron chi connectivity index (χ3n) is 2.33. The van der Waals surface area contributed by atoms with Crippen LogP contribution in [0.4, 0.5) is 0 Å². The van der Waals surface area contributed by atoms with E-state index in [2.05, 4.69) is 9.97 Å². The molecule has 6 nitrogen and oxygen atoms in total. The van der Waals surface area contributed by atoms with Crippen LogP contribution in [0.1, 0.15) is 10.5 Å². The molecule has 0 spiro atoms. The highest BCUT2D eigenvalue weighted by Gasteiger charge is 2.31. The average molecular weight is 197 g/mol. The summed E-state index contributed by atoms with van der Waals surface area (Å²) < 4.78 is 0. The summed E-state index contributed by atoms with van der Waals surface area (Å²) in [6.07, 6.45) is 1.36. The highest BCUT2D eigenvalue weighted by molar-refractivity contribution is 5.92. The summed E-state index contributed by atoms with van der Waals surface area (Å²) >= 11 is 0. The molecule has 2 heterocycles. The van der Waals surface area contributed by atoms with Crippen molar-refractivity contribution in [2.75, 3.05) is 19.7 Å². The predicted octanol–water partition coefficient (Wildman–Crippen LogP) is -1.23. The molecule has 0 aromatic carbocycles. The summed E-state index contributed by atoms with van der Waals surface area (Å²) in [5, 5.41) is 8.76. The third-order valence-corrected chi connectivity index (χ3v) is 2.33. The van der Waals surface area contributed by atoms with Crippen molar-refractivity contribution in [2.24, 2.45) is 5.92 Å². The second-order valence-corrected chi connectivity index (χ2v) is 3.42. The van der Waals surface area contributed by atoms with Crippen LogP contribution in [0.3, 0.4) is 0 Å². The molecule has 6 heteroatoms. The van der Waals surface area contributed by atoms with E-state index in [0.29, 0.717) is 13.1 Å². The van der Waals surface area contributed by atoms with E-state index in [9.17, 15) is 9.59 Å². The number of H-pyrrole nitrogens is 2. The molecular weight excluding hydrogens is 186 g/mol. The van der Waals surface area contributed by atoms with E-state index >= 15 is 0 Å². The SMILES string of the molecule is O=C(c1c[nH]c(=O)[nH]1)N1CC(CO)C1. The van der Waals surface area contributed by atoms with Crippen LogP contribution in [-0.2, 0) is 0 Å². The lowest BCUT2D eigenvalue weighted by molar-refractivity contribution is 0.0357. The highest BCUT2D eigenvalue weighted by atomic mass is 16.3. The molecule has 1 aliphatic rings. The maximum absolute atomic E-state index is 11.6. The van der Waals surface area contributed by atoms with Crippen molar-refractivity contribution >= 4 is 5.91 Å². The Hall–Kier alpha value is -1.56. The Balaban J connectivity index is 2.01. The van der Waals surface area contributed by atoms with E-state index in [4.69, 9.17) is 5.11 Å². The molecule has 1 aromatic heterocycles. The molecule has 0 unspecified atom stereocenters. The average Bonchev–Trinajstić information content (AvgIpc) is 2.49. The first kappa shape index (κ1) is 9.01. The van der Waals surface area contributed by atoms with E-state index < -0.39 is 0 Å². The number of rotatable bonds is 2. The van der Waals surface area contributed by atoms with Gasteiger partial charge < -0.3 is 20.0 Å². The number of amides is 1. The quantitative estimate of drug-likeness (QED) is 0.554. The van der Waals surface area contributed by atoms with Crippen molar-refractivity contribution < 1.29 is 9.90 Å². The summed E-state index contributed by atoms with van der Waals surface area (Å²) in [6, 6.07) is 0. The summed E-state index contributed by atoms with van der Waals surface area (Å²) in [5.74, 6) is -0.0161. The van der Waals surface area contributed by atoms with Gasteiger partial charge in [-0.05, 0) is 0 Å². The zero-order valence-corrected chi connectivity index (χ0v) is 7.49. The summed E-state index contributed by atoms with van der Waals surface area (Å²) in [6.45, 7) is 1.22. The Morgan fingerprint density at radius 3 is 2.86 bits per heavy atom. The number of aromatic nitrogens is 2. The Labute approximate surface area is 79.6 Å². The number of hydrogen-bond donors (Lipinski definition) is 3. The second-order valence-electron chi connectivity index (χ2n) is 3.42. The first-order valence-corrected chi connectivity index (χ1v) is 4.38. The van der Waals surface area contributed by atoms with Crippen molar-refractivity contribution in [3.63, 3.8) is 0 Å². The van der Waals surface area contributed by atoms with Gasteiger partial charge in [0.05, 0.1) is 0 Å². The summed E-state index contributed by atoms with van der Waals surface area (Å²) in [4.78, 5) is 28.6. The standard InChI is InChI=1S/C8H11N3O3/c12-4-5-2-11(3-5)7(13)6-1-9-8(14)10-6/h1,5,12H,2-4H2,(H2,9,10,14). The van der Waals surface area contributed by atoms with Crippen LogP contribution >= 0.6 is 0 Å². The molecule has 1 saturated heterocycles. The second kappa shape index (κ2) is 3.30. The monoisotopic (exact) mass is 197 g/mol. The van der Waals surface area contributed by atoms with E-state index in [1.165, 1.54) is 6.20 Å². The fourth-order valence-corrected chi connectivity index (χ4v) is 1.47. The molecule has 3 N–H and O–H groups in total. The minimum atomic E-state index is -0.382. The van der Waals surface area contributed by atoms with Crippen molar-refractivity contribution in [3.8, 4) is 0 Å². The lowest BCUT2D eigenvalue weighted by Crippen LogP contribution is -2.51. The van der Waals surface area contributed by atoms with E-state index in [1.807, 2.05) is 0 Å². The lowest BCUT2D eigenvalue weighted by Gasteiger charge is -2.37. The maximum atomic E-state index is 11.6. The van der Waals surface area contributed by atoms with Crippen LogP contribution in [0, 0.1) is 5.92 Å². The number of carbonyl (C=O) groups is 1. The van der Waals surface area contributed by atoms with Crippen LogP contribution < -0.4 is 5.69 Å². The van der Waals surface area contributed by atoms with Gasteiger partial charge in [-0.3, -0.25) is 4.79 Å². The first-order chi connectivity index (χ1) is 6.70. The predicted molar refractivity (Wildman–Crippen MR) is 47.9 cm³/mol. The van der Waals surface area contributed by atoms with Gasteiger partial charge in [0.1, 0.15) is 5.69 Å². The van der Waals surface area contributed by atoms with E-state index in [0.717, 1.165) is 0 Å². The topological polar surface area (TPSA) is 89.2 Å². The molecule has 1 amide bonds. The molecule has 1 aliphatic heterocycles. The van der Waals surface area contributed by atoms with Gasteiger partial charge >= 0.3 is 5.69 Å². The number of imidazole rings is 1. The summed E-state index contributed by atoms with van der Waals surface area (Å²) in [5.41, 5.74) is -0.112. The Kier molecular flexibility index (Phi) is 2.12. The number of aromatic amines is 2. The molecule has 0 saturated carbocycles. The number of nitrogens with one attached hydrogen (secondary N) is 2. The van der Waals surface area contributed by atoms with Crippen LogP contribution in [0.5, 0.6) is 0 Å². The molecule has 0 atom stereocenters. The minimum absolute atomic E-state index is 0.105. The first-order valence-electron chi connectivity index (χ1n) is 4.38. The van der Waals surface area contributed by atoms with Crippen molar-refractivity contribution in [1.82, 2.24) is 14.9 Å². The van der Waals surface area contributed by atoms with Crippen molar-refractivity contribution in [3.05, 3.63) is 22.4 Å². The largest absolute Gasteiger partial charge is 0.396 e. The molecule has 76 valence electrons. The van der Waals surface area contributed by atoms with Crippen LogP contribution in [-0.4, -0.2) is 45.6 Å².